The standard InChI is InChI=1S/C13H22N2O2/c1-2-13-10-15(6-8-17-13)5-4-14-9-12-3-7-16-11-12/h3,7,11,13-14H,2,4-6,8-10H2,1H3. The minimum absolute atomic E-state index is 0.428. The number of nitrogens with one attached hydrogen (secondary N) is 1. The zero-order valence-corrected chi connectivity index (χ0v) is 10.5. The van der Waals surface area contributed by atoms with Gasteiger partial charge in [-0.25, -0.2) is 0 Å². The molecule has 96 valence electrons. The third-order valence-electron chi connectivity index (χ3n) is 3.19. The van der Waals surface area contributed by atoms with Gasteiger partial charge in [0.2, 0.25) is 0 Å². The largest absolute Gasteiger partial charge is 0.472 e. The molecule has 0 saturated carbocycles. The molecule has 0 amide bonds. The van der Waals surface area contributed by atoms with Crippen LogP contribution >= 0.6 is 0 Å². The van der Waals surface area contributed by atoms with Crippen LogP contribution in [0.2, 0.25) is 0 Å². The molecule has 1 aliphatic heterocycles. The lowest BCUT2D eigenvalue weighted by molar-refractivity contribution is -0.0290. The molecule has 1 N–H and O–H groups in total. The Morgan fingerprint density at radius 2 is 2.47 bits per heavy atom. The molecule has 17 heavy (non-hydrogen) atoms. The third kappa shape index (κ3) is 4.15. The summed E-state index contributed by atoms with van der Waals surface area (Å²) in [5.74, 6) is 0. The molecule has 0 aliphatic carbocycles. The van der Waals surface area contributed by atoms with Gasteiger partial charge in [0, 0.05) is 38.3 Å². The minimum atomic E-state index is 0.428. The van der Waals surface area contributed by atoms with Gasteiger partial charge in [0.05, 0.1) is 25.2 Å². The lowest BCUT2D eigenvalue weighted by Crippen LogP contribution is -2.44. The molecule has 1 aromatic heterocycles. The average molecular weight is 238 g/mol. The van der Waals surface area contributed by atoms with E-state index in [1.807, 2.05) is 6.07 Å². The molecular formula is C13H22N2O2. The molecule has 1 fully saturated rings. The Labute approximate surface area is 103 Å². The van der Waals surface area contributed by atoms with Gasteiger partial charge < -0.3 is 14.5 Å². The van der Waals surface area contributed by atoms with E-state index in [1.165, 1.54) is 5.56 Å². The number of ether oxygens (including phenoxy) is 1. The van der Waals surface area contributed by atoms with Crippen molar-refractivity contribution in [2.24, 2.45) is 0 Å². The number of hydrogen-bond acceptors (Lipinski definition) is 4. The fraction of sp³-hybridized carbons (Fsp3) is 0.692. The van der Waals surface area contributed by atoms with Crippen LogP contribution in [0, 0.1) is 0 Å². The average Bonchev–Trinajstić information content (AvgIpc) is 2.88. The highest BCUT2D eigenvalue weighted by Gasteiger charge is 2.17. The van der Waals surface area contributed by atoms with Gasteiger partial charge in [-0.15, -0.1) is 0 Å². The van der Waals surface area contributed by atoms with Crippen molar-refractivity contribution in [2.45, 2.75) is 26.0 Å². The van der Waals surface area contributed by atoms with Gasteiger partial charge >= 0.3 is 0 Å². The summed E-state index contributed by atoms with van der Waals surface area (Å²) in [6.45, 7) is 8.19. The van der Waals surface area contributed by atoms with Crippen molar-refractivity contribution in [1.82, 2.24) is 10.2 Å². The van der Waals surface area contributed by atoms with Crippen molar-refractivity contribution in [3.8, 4) is 0 Å². The van der Waals surface area contributed by atoms with Crippen LogP contribution in [-0.4, -0.2) is 43.8 Å². The molecule has 1 aromatic rings. The van der Waals surface area contributed by atoms with E-state index in [0.717, 1.165) is 45.8 Å². The Kier molecular flexibility index (Phi) is 5.04. The number of hydrogen-bond donors (Lipinski definition) is 1. The molecule has 4 nitrogen and oxygen atoms in total. The SMILES string of the molecule is CCC1CN(CCNCc2ccoc2)CCO1. The summed E-state index contributed by atoms with van der Waals surface area (Å²) < 4.78 is 10.7. The molecule has 1 saturated heterocycles. The normalized spacial score (nSPS) is 21.8. The highest BCUT2D eigenvalue weighted by atomic mass is 16.5. The third-order valence-corrected chi connectivity index (χ3v) is 3.19. The smallest absolute Gasteiger partial charge is 0.0947 e. The second-order valence-electron chi connectivity index (χ2n) is 4.51. The monoisotopic (exact) mass is 238 g/mol. The van der Waals surface area contributed by atoms with Crippen LogP contribution in [0.15, 0.2) is 23.0 Å². The maximum Gasteiger partial charge on any atom is 0.0947 e. The van der Waals surface area contributed by atoms with Gasteiger partial charge in [0.25, 0.3) is 0 Å². The van der Waals surface area contributed by atoms with E-state index >= 15 is 0 Å². The predicted molar refractivity (Wildman–Crippen MR) is 66.9 cm³/mol. The van der Waals surface area contributed by atoms with Crippen LogP contribution in [0.25, 0.3) is 0 Å². The van der Waals surface area contributed by atoms with Crippen LogP contribution in [0.1, 0.15) is 18.9 Å². The van der Waals surface area contributed by atoms with Crippen molar-refractivity contribution in [3.63, 3.8) is 0 Å². The molecular weight excluding hydrogens is 216 g/mol. The summed E-state index contributed by atoms with van der Waals surface area (Å²) in [5, 5.41) is 3.43. The topological polar surface area (TPSA) is 37.6 Å². The summed E-state index contributed by atoms with van der Waals surface area (Å²) in [4.78, 5) is 2.47. The maximum atomic E-state index is 5.65. The van der Waals surface area contributed by atoms with Gasteiger partial charge in [0.1, 0.15) is 0 Å². The molecule has 2 heterocycles. The summed E-state index contributed by atoms with van der Waals surface area (Å²) >= 11 is 0. The van der Waals surface area contributed by atoms with Gasteiger partial charge in [-0.1, -0.05) is 6.92 Å². The molecule has 0 spiro atoms. The van der Waals surface area contributed by atoms with E-state index in [9.17, 15) is 0 Å². The molecule has 1 atom stereocenters. The quantitative estimate of drug-likeness (QED) is 0.762. The highest BCUT2D eigenvalue weighted by Crippen LogP contribution is 2.07. The van der Waals surface area contributed by atoms with E-state index < -0.39 is 0 Å². The Morgan fingerprint density at radius 3 is 3.24 bits per heavy atom. The lowest BCUT2D eigenvalue weighted by atomic mass is 10.2. The first-order valence-corrected chi connectivity index (χ1v) is 6.44. The summed E-state index contributed by atoms with van der Waals surface area (Å²) in [7, 11) is 0. The summed E-state index contributed by atoms with van der Waals surface area (Å²) in [6.07, 6.45) is 5.04. The zero-order chi connectivity index (χ0) is 11.9. The Bertz CT molecular complexity index is 300. The fourth-order valence-electron chi connectivity index (χ4n) is 2.09. The fourth-order valence-corrected chi connectivity index (χ4v) is 2.09. The maximum absolute atomic E-state index is 5.65. The summed E-state index contributed by atoms with van der Waals surface area (Å²) in [5.41, 5.74) is 1.21. The molecule has 0 aromatic carbocycles. The minimum Gasteiger partial charge on any atom is -0.472 e. The number of morpholine rings is 1. The molecule has 0 radical (unpaired) electrons. The van der Waals surface area contributed by atoms with Gasteiger partial charge in [-0.05, 0) is 12.5 Å². The molecule has 4 heteroatoms. The summed E-state index contributed by atoms with van der Waals surface area (Å²) in [6, 6.07) is 1.99. The van der Waals surface area contributed by atoms with E-state index in [4.69, 9.17) is 9.15 Å². The lowest BCUT2D eigenvalue weighted by Gasteiger charge is -2.32. The predicted octanol–water partition coefficient (Wildman–Crippen LogP) is 1.48. The van der Waals surface area contributed by atoms with Crippen LogP contribution in [0.4, 0.5) is 0 Å². The Hall–Kier alpha value is -0.840. The second kappa shape index (κ2) is 6.79. The zero-order valence-electron chi connectivity index (χ0n) is 10.5. The van der Waals surface area contributed by atoms with Crippen LogP contribution in [0.3, 0.4) is 0 Å². The molecule has 1 aliphatic rings. The van der Waals surface area contributed by atoms with E-state index in [-0.39, 0.29) is 0 Å². The van der Waals surface area contributed by atoms with Crippen molar-refractivity contribution < 1.29 is 9.15 Å². The number of nitrogens with zero attached hydrogens (tertiary/aromatic N) is 1. The van der Waals surface area contributed by atoms with Crippen molar-refractivity contribution in [2.75, 3.05) is 32.8 Å². The Balaban J connectivity index is 1.58. The molecule has 0 bridgehead atoms. The van der Waals surface area contributed by atoms with Crippen LogP contribution in [-0.2, 0) is 11.3 Å². The number of rotatable bonds is 6. The van der Waals surface area contributed by atoms with Crippen LogP contribution < -0.4 is 5.32 Å². The van der Waals surface area contributed by atoms with E-state index in [1.54, 1.807) is 12.5 Å². The number of furan rings is 1. The molecule has 1 unspecified atom stereocenters. The Morgan fingerprint density at radius 1 is 1.53 bits per heavy atom. The first-order chi connectivity index (χ1) is 8.38. The van der Waals surface area contributed by atoms with Crippen molar-refractivity contribution >= 4 is 0 Å². The van der Waals surface area contributed by atoms with E-state index in [0.29, 0.717) is 6.10 Å². The first kappa shape index (κ1) is 12.6. The van der Waals surface area contributed by atoms with E-state index in [2.05, 4.69) is 17.1 Å². The second-order valence-corrected chi connectivity index (χ2v) is 4.51. The first-order valence-electron chi connectivity index (χ1n) is 6.44. The van der Waals surface area contributed by atoms with Crippen molar-refractivity contribution in [1.29, 1.82) is 0 Å². The van der Waals surface area contributed by atoms with Crippen molar-refractivity contribution in [3.05, 3.63) is 24.2 Å². The van der Waals surface area contributed by atoms with Gasteiger partial charge in [-0.3, -0.25) is 4.90 Å². The van der Waals surface area contributed by atoms with Crippen LogP contribution in [0.5, 0.6) is 0 Å². The van der Waals surface area contributed by atoms with Gasteiger partial charge in [-0.2, -0.15) is 0 Å². The van der Waals surface area contributed by atoms with Gasteiger partial charge in [0.15, 0.2) is 0 Å². The highest BCUT2D eigenvalue weighted by molar-refractivity contribution is 5.04. The molecule has 2 rings (SSSR count).